The molecule has 6 nitrogen and oxygen atoms in total. The maximum atomic E-state index is 12.5. The zero-order valence-electron chi connectivity index (χ0n) is 18.5. The van der Waals surface area contributed by atoms with E-state index in [1.54, 1.807) is 17.9 Å². The number of nitrogens with zero attached hydrogens (tertiary/aromatic N) is 1. The van der Waals surface area contributed by atoms with Gasteiger partial charge in [0, 0.05) is 18.3 Å². The molecule has 1 atom stereocenters. The molecule has 0 radical (unpaired) electrons. The first kappa shape index (κ1) is 23.5. The van der Waals surface area contributed by atoms with Crippen LogP contribution in [-0.4, -0.2) is 37.5 Å². The van der Waals surface area contributed by atoms with Crippen LogP contribution in [0.3, 0.4) is 0 Å². The van der Waals surface area contributed by atoms with Crippen molar-refractivity contribution in [1.29, 1.82) is 0 Å². The number of unbranched alkanes of at least 4 members (excludes halogenated alkanes) is 2. The van der Waals surface area contributed by atoms with Crippen LogP contribution in [0, 0.1) is 0 Å². The third-order valence-corrected chi connectivity index (χ3v) is 5.98. The number of pyridine rings is 1. The molecule has 1 aliphatic heterocycles. The van der Waals surface area contributed by atoms with E-state index in [-0.39, 0.29) is 5.56 Å². The Hall–Kier alpha value is -2.18. The second-order valence-corrected chi connectivity index (χ2v) is 8.26. The van der Waals surface area contributed by atoms with Gasteiger partial charge in [0.15, 0.2) is 11.5 Å². The van der Waals surface area contributed by atoms with E-state index in [9.17, 15) is 4.79 Å². The van der Waals surface area contributed by atoms with Crippen LogP contribution >= 0.6 is 11.6 Å². The lowest BCUT2D eigenvalue weighted by atomic mass is 10.1. The van der Waals surface area contributed by atoms with Gasteiger partial charge in [-0.15, -0.1) is 0 Å². The van der Waals surface area contributed by atoms with Crippen molar-refractivity contribution in [3.05, 3.63) is 51.4 Å². The van der Waals surface area contributed by atoms with Crippen molar-refractivity contribution in [3.8, 4) is 17.2 Å². The van der Waals surface area contributed by atoms with E-state index in [1.807, 2.05) is 18.2 Å². The lowest BCUT2D eigenvalue weighted by Gasteiger charge is -2.17. The molecular weight excluding hydrogens is 416 g/mol. The second kappa shape index (κ2) is 12.0. The number of rotatable bonds is 12. The maximum Gasteiger partial charge on any atom is 0.254 e. The summed E-state index contributed by atoms with van der Waals surface area (Å²) in [5.41, 5.74) is 0.671. The topological polar surface area (TPSA) is 61.7 Å². The quantitative estimate of drug-likeness (QED) is 0.479. The van der Waals surface area contributed by atoms with Gasteiger partial charge in [0.1, 0.15) is 5.75 Å². The SMILES string of the molecule is CCCCCOc1ccn(Cc2ccc(OC)c(OCCC3CCCN3)c2Cl)c(=O)c1. The summed E-state index contributed by atoms with van der Waals surface area (Å²) in [7, 11) is 1.60. The van der Waals surface area contributed by atoms with Crippen LogP contribution in [-0.2, 0) is 6.54 Å². The van der Waals surface area contributed by atoms with Gasteiger partial charge in [-0.3, -0.25) is 4.79 Å². The van der Waals surface area contributed by atoms with Crippen molar-refractivity contribution < 1.29 is 14.2 Å². The third-order valence-electron chi connectivity index (χ3n) is 5.56. The predicted octanol–water partition coefficient (Wildman–Crippen LogP) is 4.65. The molecule has 1 aliphatic rings. The van der Waals surface area contributed by atoms with Crippen LogP contribution in [0.5, 0.6) is 17.2 Å². The van der Waals surface area contributed by atoms with Gasteiger partial charge in [0.25, 0.3) is 5.56 Å². The average molecular weight is 449 g/mol. The fourth-order valence-corrected chi connectivity index (χ4v) is 4.01. The lowest BCUT2D eigenvalue weighted by Crippen LogP contribution is -2.23. The number of hydrogen-bond donors (Lipinski definition) is 1. The van der Waals surface area contributed by atoms with Crippen LogP contribution in [0.25, 0.3) is 0 Å². The van der Waals surface area contributed by atoms with Gasteiger partial charge in [0.05, 0.1) is 31.9 Å². The second-order valence-electron chi connectivity index (χ2n) is 7.88. The van der Waals surface area contributed by atoms with E-state index < -0.39 is 0 Å². The van der Waals surface area contributed by atoms with Gasteiger partial charge in [-0.2, -0.15) is 0 Å². The Bertz CT molecular complexity index is 894. The normalized spacial score (nSPS) is 15.8. The van der Waals surface area contributed by atoms with Crippen molar-refractivity contribution in [2.45, 2.75) is 58.0 Å². The number of halogens is 1. The highest BCUT2D eigenvalue weighted by atomic mass is 35.5. The molecule has 0 aliphatic carbocycles. The van der Waals surface area contributed by atoms with Crippen molar-refractivity contribution in [3.63, 3.8) is 0 Å². The Kier molecular flexibility index (Phi) is 9.10. The summed E-state index contributed by atoms with van der Waals surface area (Å²) in [4.78, 5) is 12.5. The fourth-order valence-electron chi connectivity index (χ4n) is 3.74. The summed E-state index contributed by atoms with van der Waals surface area (Å²) in [5.74, 6) is 1.72. The summed E-state index contributed by atoms with van der Waals surface area (Å²) < 4.78 is 18.7. The zero-order valence-corrected chi connectivity index (χ0v) is 19.2. The number of benzene rings is 1. The molecule has 0 bridgehead atoms. The van der Waals surface area contributed by atoms with Gasteiger partial charge in [-0.25, -0.2) is 0 Å². The molecule has 0 amide bonds. The van der Waals surface area contributed by atoms with Crippen molar-refractivity contribution in [2.24, 2.45) is 0 Å². The lowest BCUT2D eigenvalue weighted by molar-refractivity contribution is 0.275. The fraction of sp³-hybridized carbons (Fsp3) is 0.542. The van der Waals surface area contributed by atoms with Gasteiger partial charge >= 0.3 is 0 Å². The Morgan fingerprint density at radius 2 is 2.06 bits per heavy atom. The molecule has 1 aromatic heterocycles. The molecule has 0 saturated carbocycles. The smallest absolute Gasteiger partial charge is 0.254 e. The minimum atomic E-state index is -0.130. The Balaban J connectivity index is 1.67. The number of aromatic nitrogens is 1. The highest BCUT2D eigenvalue weighted by Gasteiger charge is 2.17. The van der Waals surface area contributed by atoms with Crippen LogP contribution in [0.15, 0.2) is 35.3 Å². The molecule has 1 saturated heterocycles. The molecule has 2 heterocycles. The molecular formula is C24H33ClN2O4. The predicted molar refractivity (Wildman–Crippen MR) is 124 cm³/mol. The van der Waals surface area contributed by atoms with Gasteiger partial charge in [-0.1, -0.05) is 37.4 Å². The van der Waals surface area contributed by atoms with Gasteiger partial charge in [0.2, 0.25) is 0 Å². The Morgan fingerprint density at radius 3 is 2.77 bits per heavy atom. The van der Waals surface area contributed by atoms with Crippen LogP contribution in [0.1, 0.15) is 51.0 Å². The first-order valence-electron chi connectivity index (χ1n) is 11.2. The highest BCUT2D eigenvalue weighted by molar-refractivity contribution is 6.33. The van der Waals surface area contributed by atoms with Crippen LogP contribution in [0.2, 0.25) is 5.02 Å². The third kappa shape index (κ3) is 6.65. The van der Waals surface area contributed by atoms with Crippen molar-refractivity contribution in [1.82, 2.24) is 9.88 Å². The highest BCUT2D eigenvalue weighted by Crippen LogP contribution is 2.38. The standard InChI is InChI=1S/C24H33ClN2O4/c1-3-4-5-14-30-20-10-13-27(22(28)16-20)17-18-8-9-21(29-2)24(23(18)25)31-15-11-19-7-6-12-26-19/h8-10,13,16,19,26H,3-7,11-12,14-15,17H2,1-2H3. The van der Waals surface area contributed by atoms with Crippen molar-refractivity contribution >= 4 is 11.6 Å². The number of ether oxygens (including phenoxy) is 3. The summed E-state index contributed by atoms with van der Waals surface area (Å²) in [6.07, 6.45) is 8.29. The monoisotopic (exact) mass is 448 g/mol. The largest absolute Gasteiger partial charge is 0.493 e. The molecule has 1 N–H and O–H groups in total. The van der Waals surface area contributed by atoms with Crippen molar-refractivity contribution in [2.75, 3.05) is 26.9 Å². The summed E-state index contributed by atoms with van der Waals surface area (Å²) >= 11 is 6.66. The van der Waals surface area contributed by atoms with Gasteiger partial charge < -0.3 is 24.1 Å². The minimum Gasteiger partial charge on any atom is -0.493 e. The molecule has 2 aromatic rings. The van der Waals surface area contributed by atoms with E-state index in [4.69, 9.17) is 25.8 Å². The first-order chi connectivity index (χ1) is 15.1. The average Bonchev–Trinajstić information content (AvgIpc) is 3.29. The summed E-state index contributed by atoms with van der Waals surface area (Å²) in [5, 5.41) is 3.94. The number of methoxy groups -OCH3 is 1. The molecule has 0 spiro atoms. The minimum absolute atomic E-state index is 0.130. The van der Waals surface area contributed by atoms with Crippen LogP contribution < -0.4 is 25.1 Å². The maximum absolute atomic E-state index is 12.5. The molecule has 31 heavy (non-hydrogen) atoms. The van der Waals surface area contributed by atoms with E-state index in [2.05, 4.69) is 12.2 Å². The molecule has 1 aromatic carbocycles. The zero-order chi connectivity index (χ0) is 22.1. The molecule has 1 unspecified atom stereocenters. The first-order valence-corrected chi connectivity index (χ1v) is 11.5. The number of hydrogen-bond acceptors (Lipinski definition) is 5. The van der Waals surface area contributed by atoms with Crippen LogP contribution in [0.4, 0.5) is 0 Å². The summed E-state index contributed by atoms with van der Waals surface area (Å²) in [6.45, 7) is 4.74. The van der Waals surface area contributed by atoms with E-state index in [0.717, 1.165) is 37.8 Å². The van der Waals surface area contributed by atoms with Gasteiger partial charge in [-0.05, 0) is 49.9 Å². The molecule has 3 rings (SSSR count). The molecule has 1 fully saturated rings. The van der Waals surface area contributed by atoms with E-state index >= 15 is 0 Å². The molecule has 7 heteroatoms. The van der Waals surface area contributed by atoms with E-state index in [1.165, 1.54) is 18.9 Å². The Labute approximate surface area is 189 Å². The van der Waals surface area contributed by atoms with E-state index in [0.29, 0.717) is 48.1 Å². The molecule has 170 valence electrons. The number of nitrogens with one attached hydrogen (secondary N) is 1. The Morgan fingerprint density at radius 1 is 1.19 bits per heavy atom. The summed E-state index contributed by atoms with van der Waals surface area (Å²) in [6, 6.07) is 7.54.